The van der Waals surface area contributed by atoms with Gasteiger partial charge in [0.05, 0.1) is 15.8 Å². The van der Waals surface area contributed by atoms with Crippen LogP contribution >= 0.6 is 22.9 Å². The number of aryl methyl sites for hydroxylation is 1. The number of rotatable bonds is 4. The minimum atomic E-state index is -0.434. The molecule has 2 N–H and O–H groups in total. The molecule has 0 fully saturated rings. The van der Waals surface area contributed by atoms with Crippen molar-refractivity contribution in [3.63, 3.8) is 0 Å². The number of hydrogen-bond donors (Lipinski definition) is 2. The molecular weight excluding hydrogens is 358 g/mol. The Morgan fingerprint density at radius 2 is 2.08 bits per heavy atom. The zero-order valence-electron chi connectivity index (χ0n) is 14.1. The zero-order chi connectivity index (χ0) is 18.1. The van der Waals surface area contributed by atoms with Gasteiger partial charge in [-0.25, -0.2) is 4.98 Å². The Morgan fingerprint density at radius 1 is 1.32 bits per heavy atom. The first-order chi connectivity index (χ1) is 11.8. The standard InChI is InChI=1S/C18H18ClN3O2S/c1-10-4-5-14-15(6-10)25-18(20-14)21-17(24)13-8-12(19)7-11(16(13)23)9-22(2)3/h4-8,23H,9H2,1-3H3,(H,20,21,24). The number of carbonyl (C=O) groups excluding carboxylic acids is 1. The first kappa shape index (κ1) is 17.7. The molecular formula is C18H18ClN3O2S. The van der Waals surface area contributed by atoms with E-state index in [1.165, 1.54) is 17.4 Å². The Balaban J connectivity index is 1.90. The van der Waals surface area contributed by atoms with Gasteiger partial charge in [0.1, 0.15) is 5.75 Å². The third kappa shape index (κ3) is 3.92. The number of amides is 1. The van der Waals surface area contributed by atoms with Crippen molar-refractivity contribution in [3.8, 4) is 5.75 Å². The Hall–Kier alpha value is -2.15. The maximum absolute atomic E-state index is 12.6. The summed E-state index contributed by atoms with van der Waals surface area (Å²) in [7, 11) is 3.76. The van der Waals surface area contributed by atoms with E-state index in [1.807, 2.05) is 44.1 Å². The van der Waals surface area contributed by atoms with Crippen LogP contribution in [0.3, 0.4) is 0 Å². The predicted octanol–water partition coefficient (Wildman–Crippen LogP) is 4.28. The normalized spacial score (nSPS) is 11.2. The third-order valence-corrected chi connectivity index (χ3v) is 4.80. The summed E-state index contributed by atoms with van der Waals surface area (Å²) in [6.45, 7) is 2.49. The van der Waals surface area contributed by atoms with E-state index in [0.29, 0.717) is 22.3 Å². The number of thiazole rings is 1. The predicted molar refractivity (Wildman–Crippen MR) is 103 cm³/mol. The molecule has 0 saturated carbocycles. The number of anilines is 1. The van der Waals surface area contributed by atoms with Crippen LogP contribution in [0, 0.1) is 6.92 Å². The van der Waals surface area contributed by atoms with Gasteiger partial charge in [0.15, 0.2) is 5.13 Å². The van der Waals surface area contributed by atoms with Crippen molar-refractivity contribution in [3.05, 3.63) is 52.0 Å². The fraction of sp³-hybridized carbons (Fsp3) is 0.222. The first-order valence-corrected chi connectivity index (χ1v) is 8.87. The number of carbonyl (C=O) groups is 1. The zero-order valence-corrected chi connectivity index (χ0v) is 15.7. The lowest BCUT2D eigenvalue weighted by Crippen LogP contribution is -2.15. The number of aromatic nitrogens is 1. The van der Waals surface area contributed by atoms with Gasteiger partial charge < -0.3 is 10.0 Å². The molecule has 0 aliphatic carbocycles. The van der Waals surface area contributed by atoms with E-state index in [0.717, 1.165) is 15.8 Å². The molecule has 1 heterocycles. The van der Waals surface area contributed by atoms with Crippen LogP contribution in [0.2, 0.25) is 5.02 Å². The van der Waals surface area contributed by atoms with E-state index in [1.54, 1.807) is 6.07 Å². The van der Waals surface area contributed by atoms with E-state index in [4.69, 9.17) is 11.6 Å². The fourth-order valence-corrected chi connectivity index (χ4v) is 3.74. The summed E-state index contributed by atoms with van der Waals surface area (Å²) in [5, 5.41) is 14.1. The lowest BCUT2D eigenvalue weighted by molar-refractivity contribution is 0.102. The first-order valence-electron chi connectivity index (χ1n) is 7.68. The minimum Gasteiger partial charge on any atom is -0.507 e. The molecule has 5 nitrogen and oxygen atoms in total. The average molecular weight is 376 g/mol. The van der Waals surface area contributed by atoms with E-state index >= 15 is 0 Å². The molecule has 7 heteroatoms. The summed E-state index contributed by atoms with van der Waals surface area (Å²) < 4.78 is 0.999. The van der Waals surface area contributed by atoms with Gasteiger partial charge in [-0.2, -0.15) is 0 Å². The summed E-state index contributed by atoms with van der Waals surface area (Å²) in [5.41, 5.74) is 2.70. The molecule has 0 bridgehead atoms. The summed E-state index contributed by atoms with van der Waals surface area (Å²) in [6.07, 6.45) is 0. The van der Waals surface area contributed by atoms with Crippen molar-refractivity contribution in [2.45, 2.75) is 13.5 Å². The van der Waals surface area contributed by atoms with Gasteiger partial charge in [-0.15, -0.1) is 0 Å². The van der Waals surface area contributed by atoms with Crippen LogP contribution < -0.4 is 5.32 Å². The lowest BCUT2D eigenvalue weighted by atomic mass is 10.1. The SMILES string of the molecule is Cc1ccc2nc(NC(=O)c3cc(Cl)cc(CN(C)C)c3O)sc2c1. The molecule has 0 radical (unpaired) electrons. The molecule has 1 amide bonds. The maximum Gasteiger partial charge on any atom is 0.261 e. The molecule has 0 saturated heterocycles. The summed E-state index contributed by atoms with van der Waals surface area (Å²) >= 11 is 7.50. The number of nitrogens with one attached hydrogen (secondary N) is 1. The van der Waals surface area contributed by atoms with Gasteiger partial charge in [-0.1, -0.05) is 29.0 Å². The van der Waals surface area contributed by atoms with Gasteiger partial charge in [-0.3, -0.25) is 10.1 Å². The van der Waals surface area contributed by atoms with Crippen molar-refractivity contribution in [1.29, 1.82) is 0 Å². The Kier molecular flexibility index (Phi) is 4.94. The van der Waals surface area contributed by atoms with Crippen LogP contribution in [-0.4, -0.2) is 35.0 Å². The number of nitrogens with zero attached hydrogens (tertiary/aromatic N) is 2. The van der Waals surface area contributed by atoms with Crippen molar-refractivity contribution in [2.24, 2.45) is 0 Å². The molecule has 0 spiro atoms. The molecule has 25 heavy (non-hydrogen) atoms. The Bertz CT molecular complexity index is 953. The largest absolute Gasteiger partial charge is 0.507 e. The van der Waals surface area contributed by atoms with Crippen LogP contribution in [-0.2, 0) is 6.54 Å². The van der Waals surface area contributed by atoms with Crippen molar-refractivity contribution >= 4 is 44.2 Å². The minimum absolute atomic E-state index is 0.0624. The van der Waals surface area contributed by atoms with E-state index in [2.05, 4.69) is 10.3 Å². The van der Waals surface area contributed by atoms with Gasteiger partial charge in [0, 0.05) is 17.1 Å². The second-order valence-electron chi connectivity index (χ2n) is 6.14. The maximum atomic E-state index is 12.6. The number of aromatic hydroxyl groups is 1. The van der Waals surface area contributed by atoms with Crippen LogP contribution in [0.5, 0.6) is 5.75 Å². The average Bonchev–Trinajstić information content (AvgIpc) is 2.91. The highest BCUT2D eigenvalue weighted by Gasteiger charge is 2.18. The highest BCUT2D eigenvalue weighted by atomic mass is 35.5. The van der Waals surface area contributed by atoms with Gasteiger partial charge in [0.2, 0.25) is 0 Å². The molecule has 0 unspecified atom stereocenters. The third-order valence-electron chi connectivity index (χ3n) is 3.65. The van der Waals surface area contributed by atoms with Gasteiger partial charge in [0.25, 0.3) is 5.91 Å². The number of benzene rings is 2. The molecule has 0 aliphatic heterocycles. The number of fused-ring (bicyclic) bond motifs is 1. The van der Waals surface area contributed by atoms with E-state index in [9.17, 15) is 9.90 Å². The monoisotopic (exact) mass is 375 g/mol. The number of phenols is 1. The molecule has 3 rings (SSSR count). The lowest BCUT2D eigenvalue weighted by Gasteiger charge is -2.14. The summed E-state index contributed by atoms with van der Waals surface area (Å²) in [5.74, 6) is -0.497. The van der Waals surface area contributed by atoms with Crippen molar-refractivity contribution in [1.82, 2.24) is 9.88 Å². The number of halogens is 1. The topological polar surface area (TPSA) is 65.5 Å². The second kappa shape index (κ2) is 7.00. The Morgan fingerprint density at radius 3 is 2.80 bits per heavy atom. The van der Waals surface area contributed by atoms with Gasteiger partial charge >= 0.3 is 0 Å². The Labute approximate surface area is 154 Å². The number of phenolic OH excluding ortho intramolecular Hbond substituents is 1. The molecule has 1 aromatic heterocycles. The highest BCUT2D eigenvalue weighted by Crippen LogP contribution is 2.31. The number of hydrogen-bond acceptors (Lipinski definition) is 5. The highest BCUT2D eigenvalue weighted by molar-refractivity contribution is 7.22. The molecule has 130 valence electrons. The molecule has 0 aliphatic rings. The van der Waals surface area contributed by atoms with Crippen LogP contribution in [0.25, 0.3) is 10.2 Å². The van der Waals surface area contributed by atoms with Crippen LogP contribution in [0.4, 0.5) is 5.13 Å². The summed E-state index contributed by atoms with van der Waals surface area (Å²) in [6, 6.07) is 9.04. The van der Waals surface area contributed by atoms with Crippen LogP contribution in [0.15, 0.2) is 30.3 Å². The smallest absolute Gasteiger partial charge is 0.261 e. The molecule has 0 atom stereocenters. The molecule has 2 aromatic carbocycles. The molecule has 3 aromatic rings. The second-order valence-corrected chi connectivity index (χ2v) is 7.61. The van der Waals surface area contributed by atoms with Crippen molar-refractivity contribution in [2.75, 3.05) is 19.4 Å². The fourth-order valence-electron chi connectivity index (χ4n) is 2.54. The van der Waals surface area contributed by atoms with E-state index in [-0.39, 0.29) is 11.3 Å². The van der Waals surface area contributed by atoms with E-state index < -0.39 is 5.91 Å². The van der Waals surface area contributed by atoms with Crippen LogP contribution in [0.1, 0.15) is 21.5 Å². The van der Waals surface area contributed by atoms with Crippen molar-refractivity contribution < 1.29 is 9.90 Å². The quantitative estimate of drug-likeness (QED) is 0.714. The van der Waals surface area contributed by atoms with Gasteiger partial charge in [-0.05, 0) is 50.8 Å². The summed E-state index contributed by atoms with van der Waals surface area (Å²) in [4.78, 5) is 18.9.